The highest BCUT2D eigenvalue weighted by Gasteiger charge is 2.23. The molecule has 18 heteroatoms. The predicted molar refractivity (Wildman–Crippen MR) is 231 cm³/mol. The maximum Gasteiger partial charge on any atom is 0.150 e. The Morgan fingerprint density at radius 1 is 0.672 bits per heavy atom. The van der Waals surface area contributed by atoms with Gasteiger partial charge in [-0.05, 0) is 68.4 Å². The lowest BCUT2D eigenvalue weighted by molar-refractivity contribution is 0.146. The Morgan fingerprint density at radius 3 is 1.56 bits per heavy atom. The fourth-order valence-corrected chi connectivity index (χ4v) is 7.50. The molecule has 2 saturated heterocycles. The topological polar surface area (TPSA) is 223 Å². The molecule has 0 spiro atoms. The summed E-state index contributed by atoms with van der Waals surface area (Å²) in [5, 5.41) is 30.5. The van der Waals surface area contributed by atoms with Gasteiger partial charge in [0.1, 0.15) is 70.8 Å². The van der Waals surface area contributed by atoms with E-state index in [1.807, 2.05) is 26.0 Å². The number of nitrogens with zero attached hydrogens (tertiary/aromatic N) is 11. The van der Waals surface area contributed by atoms with Crippen LogP contribution >= 0.6 is 0 Å². The number of halogens is 2. The second-order valence-corrected chi connectivity index (χ2v) is 15.2. The Bertz CT molecular complexity index is 2600. The van der Waals surface area contributed by atoms with Gasteiger partial charge in [0.25, 0.3) is 0 Å². The second kappa shape index (κ2) is 19.1. The number of hydrogen-bond donors (Lipinski definition) is 5. The first kappa shape index (κ1) is 42.4. The molecule has 6 aromatic rings. The van der Waals surface area contributed by atoms with Crippen molar-refractivity contribution in [3.05, 3.63) is 106 Å². The molecule has 2 aliphatic heterocycles. The average Bonchev–Trinajstić information content (AvgIpc) is 3.24. The Kier molecular flexibility index (Phi) is 13.3. The average molecular weight is 827 g/mol. The summed E-state index contributed by atoms with van der Waals surface area (Å²) in [6.07, 6.45) is 2.66. The van der Waals surface area contributed by atoms with Gasteiger partial charge in [0, 0.05) is 88.4 Å². The van der Waals surface area contributed by atoms with E-state index >= 15 is 0 Å². The minimum absolute atomic E-state index is 0.135. The summed E-state index contributed by atoms with van der Waals surface area (Å²) in [4.78, 5) is 32.7. The fraction of sp³-hybridized carbons (Fsp3) is 0.349. The molecule has 4 aromatic heterocycles. The van der Waals surface area contributed by atoms with Crippen molar-refractivity contribution in [3.8, 4) is 12.1 Å². The molecule has 7 N–H and O–H groups in total. The maximum absolute atomic E-state index is 13.8. The summed E-state index contributed by atoms with van der Waals surface area (Å²) < 4.78 is 27.6. The first-order valence-corrected chi connectivity index (χ1v) is 20.1. The molecule has 0 amide bonds. The zero-order chi connectivity index (χ0) is 43.0. The van der Waals surface area contributed by atoms with Crippen molar-refractivity contribution in [2.24, 2.45) is 0 Å². The van der Waals surface area contributed by atoms with Crippen molar-refractivity contribution in [2.45, 2.75) is 39.0 Å². The molecule has 0 bridgehead atoms. The van der Waals surface area contributed by atoms with E-state index in [9.17, 15) is 19.3 Å². The maximum atomic E-state index is 13.8. The second-order valence-electron chi connectivity index (χ2n) is 15.2. The molecule has 2 aliphatic rings. The molecule has 314 valence electrons. The van der Waals surface area contributed by atoms with Gasteiger partial charge in [0.15, 0.2) is 0 Å². The number of fused-ring (bicyclic) bond motifs is 2. The van der Waals surface area contributed by atoms with Crippen LogP contribution in [0.2, 0.25) is 0 Å². The SMILES string of the molecule is C[C@H](Nc1ncnc(N)c1C#N)c1cc2ccc(F)cc2nc1CN1CCN(C)CC1.C[C@H](Nc1ncnc(N)c1C#N)c1cc2ccc(F)cc2nc1CN1CCNCC1. The van der Waals surface area contributed by atoms with Crippen LogP contribution in [0, 0.1) is 34.3 Å². The number of benzene rings is 2. The molecule has 61 heavy (non-hydrogen) atoms. The minimum Gasteiger partial charge on any atom is -0.382 e. The molecule has 6 heterocycles. The number of piperazine rings is 2. The van der Waals surface area contributed by atoms with Crippen LogP contribution in [0.3, 0.4) is 0 Å². The van der Waals surface area contributed by atoms with E-state index in [2.05, 4.69) is 69.8 Å². The van der Waals surface area contributed by atoms with Gasteiger partial charge < -0.3 is 32.3 Å². The third kappa shape index (κ3) is 10.2. The smallest absolute Gasteiger partial charge is 0.150 e. The van der Waals surface area contributed by atoms with Crippen molar-refractivity contribution in [3.63, 3.8) is 0 Å². The van der Waals surface area contributed by atoms with Gasteiger partial charge in [-0.3, -0.25) is 19.8 Å². The number of nitrogens with one attached hydrogen (secondary N) is 3. The van der Waals surface area contributed by atoms with Crippen LogP contribution in [0.1, 0.15) is 59.6 Å². The summed E-state index contributed by atoms with van der Waals surface area (Å²) in [6, 6.07) is 17.0. The number of hydrogen-bond acceptors (Lipinski definition) is 16. The Balaban J connectivity index is 0.000000184. The highest BCUT2D eigenvalue weighted by Crippen LogP contribution is 2.30. The fourth-order valence-electron chi connectivity index (χ4n) is 7.50. The third-order valence-electron chi connectivity index (χ3n) is 11.0. The van der Waals surface area contributed by atoms with Crippen LogP contribution in [0.15, 0.2) is 61.2 Å². The Labute approximate surface area is 352 Å². The largest absolute Gasteiger partial charge is 0.382 e. The molecule has 2 aromatic carbocycles. The number of rotatable bonds is 10. The summed E-state index contributed by atoms with van der Waals surface area (Å²) in [6.45, 7) is 12.9. The van der Waals surface area contributed by atoms with Gasteiger partial charge in [-0.25, -0.2) is 28.7 Å². The normalized spacial score (nSPS) is 15.9. The lowest BCUT2D eigenvalue weighted by atomic mass is 10.0. The van der Waals surface area contributed by atoms with E-state index in [0.717, 1.165) is 85.6 Å². The number of nitriles is 2. The number of nitrogen functional groups attached to an aromatic ring is 2. The van der Waals surface area contributed by atoms with Gasteiger partial charge >= 0.3 is 0 Å². The van der Waals surface area contributed by atoms with E-state index < -0.39 is 0 Å². The van der Waals surface area contributed by atoms with E-state index in [0.29, 0.717) is 35.8 Å². The predicted octanol–water partition coefficient (Wildman–Crippen LogP) is 4.73. The van der Waals surface area contributed by atoms with Gasteiger partial charge in [0.2, 0.25) is 0 Å². The Hall–Kier alpha value is -6.70. The molecule has 2 atom stereocenters. The van der Waals surface area contributed by atoms with E-state index in [1.54, 1.807) is 12.1 Å². The van der Waals surface area contributed by atoms with E-state index in [-0.39, 0.29) is 46.5 Å². The van der Waals surface area contributed by atoms with Crippen LogP contribution < -0.4 is 27.4 Å². The highest BCUT2D eigenvalue weighted by molar-refractivity contribution is 5.81. The molecular weight excluding hydrogens is 779 g/mol. The zero-order valence-electron chi connectivity index (χ0n) is 34.3. The first-order valence-electron chi connectivity index (χ1n) is 20.1. The molecule has 2 fully saturated rings. The monoisotopic (exact) mass is 826 g/mol. The first-order chi connectivity index (χ1) is 29.5. The van der Waals surface area contributed by atoms with Gasteiger partial charge in [-0.15, -0.1) is 0 Å². The summed E-state index contributed by atoms with van der Waals surface area (Å²) in [5.74, 6) is 0.418. The molecule has 0 aliphatic carbocycles. The molecule has 16 nitrogen and oxygen atoms in total. The highest BCUT2D eigenvalue weighted by atomic mass is 19.1. The van der Waals surface area contributed by atoms with Crippen LogP contribution in [0.5, 0.6) is 0 Å². The lowest BCUT2D eigenvalue weighted by Gasteiger charge is -2.33. The molecule has 0 saturated carbocycles. The standard InChI is InChI=1S/C22H25FN8.C21H23FN8/c1-14(28-22-18(11-24)21(25)26-13-27-22)17-9-15-3-4-16(23)10-19(15)29-20(17)12-31-7-5-30(2)6-8-31;1-13(28-21-17(10-23)20(24)26-12-27-21)16-8-14-2-3-15(22)9-18(14)29-19(16)11-30-6-4-25-5-7-30/h3-4,9-10,13-14H,5-8,12H2,1-2H3,(H3,25,26,27,28);2-3,8-9,12-13,25H,4-7,11H2,1H3,(H3,24,26,27,28)/t14-;13-/m00/s1. The number of likely N-dealkylation sites (N-methyl/N-ethyl adjacent to an activating group) is 1. The Morgan fingerprint density at radius 2 is 1.11 bits per heavy atom. The van der Waals surface area contributed by atoms with Crippen LogP contribution in [-0.4, -0.2) is 104 Å². The lowest BCUT2D eigenvalue weighted by Crippen LogP contribution is -2.44. The van der Waals surface area contributed by atoms with Crippen molar-refractivity contribution in [1.29, 1.82) is 10.5 Å². The van der Waals surface area contributed by atoms with Gasteiger partial charge in [-0.1, -0.05) is 0 Å². The quantitative estimate of drug-likeness (QED) is 0.126. The van der Waals surface area contributed by atoms with Crippen LogP contribution in [0.4, 0.5) is 32.1 Å². The van der Waals surface area contributed by atoms with Crippen LogP contribution in [0.25, 0.3) is 21.8 Å². The minimum atomic E-state index is -0.308. The molecule has 0 radical (unpaired) electrons. The molecule has 0 unspecified atom stereocenters. The van der Waals surface area contributed by atoms with Crippen molar-refractivity contribution >= 4 is 45.1 Å². The number of aromatic nitrogens is 6. The van der Waals surface area contributed by atoms with Gasteiger partial charge in [0.05, 0.1) is 34.5 Å². The van der Waals surface area contributed by atoms with Crippen LogP contribution in [-0.2, 0) is 13.1 Å². The molecular formula is C43H48F2N16. The number of nitrogens with two attached hydrogens (primary N) is 2. The van der Waals surface area contributed by atoms with E-state index in [1.165, 1.54) is 36.9 Å². The summed E-state index contributed by atoms with van der Waals surface area (Å²) in [7, 11) is 2.12. The van der Waals surface area contributed by atoms with Crippen molar-refractivity contribution in [2.75, 3.05) is 81.5 Å². The third-order valence-corrected chi connectivity index (χ3v) is 11.0. The van der Waals surface area contributed by atoms with Gasteiger partial charge in [-0.2, -0.15) is 10.5 Å². The summed E-state index contributed by atoms with van der Waals surface area (Å²) >= 11 is 0. The van der Waals surface area contributed by atoms with Crippen molar-refractivity contribution in [1.82, 2.24) is 49.9 Å². The number of anilines is 4. The summed E-state index contributed by atoms with van der Waals surface area (Å²) in [5.41, 5.74) is 17.0. The van der Waals surface area contributed by atoms with E-state index in [4.69, 9.17) is 21.4 Å². The van der Waals surface area contributed by atoms with Crippen molar-refractivity contribution < 1.29 is 8.78 Å². The number of pyridine rings is 2. The zero-order valence-corrected chi connectivity index (χ0v) is 34.3. The molecule has 8 rings (SSSR count).